The van der Waals surface area contributed by atoms with Crippen molar-refractivity contribution in [3.8, 4) is 6.01 Å². The van der Waals surface area contributed by atoms with Crippen molar-refractivity contribution in [3.63, 3.8) is 0 Å². The molecule has 0 aromatic carbocycles. The second-order valence-electron chi connectivity index (χ2n) is 5.90. The van der Waals surface area contributed by atoms with Gasteiger partial charge in [-0.2, -0.15) is 0 Å². The van der Waals surface area contributed by atoms with Crippen molar-refractivity contribution in [2.24, 2.45) is 5.92 Å². The molecule has 2 aromatic rings. The average Bonchev–Trinajstić information content (AvgIpc) is 2.92. The van der Waals surface area contributed by atoms with Crippen LogP contribution in [0.25, 0.3) is 0 Å². The highest BCUT2D eigenvalue weighted by molar-refractivity contribution is 9.10. The Bertz CT molecular complexity index is 719. The number of halogens is 1. The van der Waals surface area contributed by atoms with Gasteiger partial charge in [-0.1, -0.05) is 0 Å². The molecule has 1 fully saturated rings. The molecule has 1 aliphatic rings. The summed E-state index contributed by atoms with van der Waals surface area (Å²) in [5.41, 5.74) is 0.823. The first-order chi connectivity index (χ1) is 11.5. The zero-order valence-corrected chi connectivity index (χ0v) is 16.1. The molecule has 0 saturated carbocycles. The summed E-state index contributed by atoms with van der Waals surface area (Å²) in [7, 11) is 0. The number of ether oxygens (including phenoxy) is 1. The van der Waals surface area contributed by atoms with Crippen LogP contribution in [0.3, 0.4) is 0 Å². The van der Waals surface area contributed by atoms with Crippen LogP contribution in [0.15, 0.2) is 16.9 Å². The van der Waals surface area contributed by atoms with E-state index in [1.807, 2.05) is 18.7 Å². The van der Waals surface area contributed by atoms with Crippen LogP contribution in [-0.2, 0) is 0 Å². The summed E-state index contributed by atoms with van der Waals surface area (Å²) in [4.78, 5) is 28.0. The number of hydrogen-bond acceptors (Lipinski definition) is 6. The van der Waals surface area contributed by atoms with Crippen LogP contribution in [0.5, 0.6) is 6.01 Å². The number of nitrogens with zero attached hydrogens (tertiary/aromatic N) is 4. The molecule has 0 N–H and O–H groups in total. The predicted molar refractivity (Wildman–Crippen MR) is 95.4 cm³/mol. The number of piperidine rings is 1. The van der Waals surface area contributed by atoms with E-state index in [1.54, 1.807) is 12.4 Å². The summed E-state index contributed by atoms with van der Waals surface area (Å²) in [5, 5.41) is 0.931. The summed E-state index contributed by atoms with van der Waals surface area (Å²) in [5.74, 6) is 0.381. The Kier molecular flexibility index (Phi) is 5.45. The van der Waals surface area contributed by atoms with E-state index in [-0.39, 0.29) is 5.91 Å². The number of carbonyl (C=O) groups excluding carboxylic acids is 1. The van der Waals surface area contributed by atoms with Gasteiger partial charge in [-0.05, 0) is 42.6 Å². The highest BCUT2D eigenvalue weighted by Gasteiger charge is 2.27. The lowest BCUT2D eigenvalue weighted by Crippen LogP contribution is -2.41. The molecule has 1 saturated heterocycles. The fraction of sp³-hybridized carbons (Fsp3) is 0.500. The summed E-state index contributed by atoms with van der Waals surface area (Å²) >= 11 is 4.77. The summed E-state index contributed by atoms with van der Waals surface area (Å²) in [6, 6.07) is 0.371. The Morgan fingerprint density at radius 2 is 2.17 bits per heavy atom. The molecule has 1 unspecified atom stereocenters. The van der Waals surface area contributed by atoms with Gasteiger partial charge in [-0.15, -0.1) is 11.3 Å². The van der Waals surface area contributed by atoms with Crippen LogP contribution in [0.4, 0.5) is 0 Å². The van der Waals surface area contributed by atoms with E-state index in [1.165, 1.54) is 11.3 Å². The second-order valence-corrected chi connectivity index (χ2v) is 8.02. The summed E-state index contributed by atoms with van der Waals surface area (Å²) in [6.07, 6.45) is 5.35. The predicted octanol–water partition coefficient (Wildman–Crippen LogP) is 3.24. The zero-order valence-electron chi connectivity index (χ0n) is 13.7. The van der Waals surface area contributed by atoms with Crippen LogP contribution in [0.1, 0.15) is 33.2 Å². The van der Waals surface area contributed by atoms with E-state index < -0.39 is 0 Å². The minimum absolute atomic E-state index is 0.0858. The van der Waals surface area contributed by atoms with Gasteiger partial charge >= 0.3 is 6.01 Å². The maximum atomic E-state index is 12.7. The molecule has 0 bridgehead atoms. The van der Waals surface area contributed by atoms with Crippen molar-refractivity contribution in [2.45, 2.75) is 26.7 Å². The van der Waals surface area contributed by atoms with E-state index in [0.717, 1.165) is 39.4 Å². The minimum Gasteiger partial charge on any atom is -0.463 e. The largest absolute Gasteiger partial charge is 0.463 e. The molecule has 1 amide bonds. The fourth-order valence-corrected chi connectivity index (χ4v) is 3.92. The van der Waals surface area contributed by atoms with Gasteiger partial charge in [0.25, 0.3) is 5.91 Å². The van der Waals surface area contributed by atoms with Crippen LogP contribution < -0.4 is 4.74 Å². The van der Waals surface area contributed by atoms with Crippen molar-refractivity contribution in [3.05, 3.63) is 32.4 Å². The monoisotopic (exact) mass is 410 g/mol. The molecule has 2 aromatic heterocycles. The Hall–Kier alpha value is -1.54. The number of hydrogen-bond donors (Lipinski definition) is 0. The first-order valence-electron chi connectivity index (χ1n) is 7.86. The molecular formula is C16H19BrN4O2S. The van der Waals surface area contributed by atoms with E-state index in [9.17, 15) is 4.79 Å². The number of rotatable bonds is 4. The van der Waals surface area contributed by atoms with Crippen LogP contribution in [0.2, 0.25) is 0 Å². The highest BCUT2D eigenvalue weighted by Crippen LogP contribution is 2.24. The number of amides is 1. The molecule has 0 aliphatic carbocycles. The van der Waals surface area contributed by atoms with E-state index in [2.05, 4.69) is 30.9 Å². The van der Waals surface area contributed by atoms with E-state index >= 15 is 0 Å². The number of likely N-dealkylation sites (tertiary alicyclic amines) is 1. The fourth-order valence-electron chi connectivity index (χ4n) is 2.83. The molecule has 0 radical (unpaired) electrons. The van der Waals surface area contributed by atoms with Gasteiger partial charge in [0.1, 0.15) is 4.88 Å². The Labute approximate surface area is 153 Å². The number of carbonyl (C=O) groups is 1. The maximum absolute atomic E-state index is 12.7. The topological polar surface area (TPSA) is 68.2 Å². The lowest BCUT2D eigenvalue weighted by atomic mass is 9.99. The molecule has 128 valence electrons. The van der Waals surface area contributed by atoms with Crippen molar-refractivity contribution in [1.29, 1.82) is 0 Å². The molecular weight excluding hydrogens is 392 g/mol. The molecule has 8 heteroatoms. The minimum atomic E-state index is 0.0858. The standard InChI is InChI=1S/C16H19BrN4O2S/c1-10-14(24-11(2)20-10)15(22)21-5-3-4-12(8-21)9-23-16-18-6-13(17)7-19-16/h6-7,12H,3-5,8-9H2,1-2H3. The van der Waals surface area contributed by atoms with Gasteiger partial charge in [0.2, 0.25) is 0 Å². The smallest absolute Gasteiger partial charge is 0.316 e. The number of aromatic nitrogens is 3. The third-order valence-corrected chi connectivity index (χ3v) is 5.42. The summed E-state index contributed by atoms with van der Waals surface area (Å²) in [6.45, 7) is 5.84. The average molecular weight is 411 g/mol. The van der Waals surface area contributed by atoms with Gasteiger partial charge in [0, 0.05) is 31.4 Å². The molecule has 1 aliphatic heterocycles. The first kappa shape index (κ1) is 17.3. The van der Waals surface area contributed by atoms with Crippen LogP contribution >= 0.6 is 27.3 Å². The Morgan fingerprint density at radius 1 is 1.42 bits per heavy atom. The van der Waals surface area contributed by atoms with Crippen molar-refractivity contribution in [2.75, 3.05) is 19.7 Å². The van der Waals surface area contributed by atoms with Gasteiger partial charge in [-0.3, -0.25) is 4.79 Å². The quantitative estimate of drug-likeness (QED) is 0.773. The number of aryl methyl sites for hydroxylation is 2. The van der Waals surface area contributed by atoms with E-state index in [0.29, 0.717) is 25.1 Å². The van der Waals surface area contributed by atoms with Crippen LogP contribution in [-0.4, -0.2) is 45.5 Å². The van der Waals surface area contributed by atoms with Crippen molar-refractivity contribution >= 4 is 33.2 Å². The lowest BCUT2D eigenvalue weighted by Gasteiger charge is -2.32. The number of thiazole rings is 1. The molecule has 3 heterocycles. The normalized spacial score (nSPS) is 17.8. The lowest BCUT2D eigenvalue weighted by molar-refractivity contribution is 0.0632. The van der Waals surface area contributed by atoms with Gasteiger partial charge in [-0.25, -0.2) is 15.0 Å². The SMILES string of the molecule is Cc1nc(C)c(C(=O)N2CCCC(COc3ncc(Br)cn3)C2)s1. The zero-order chi connectivity index (χ0) is 17.1. The highest BCUT2D eigenvalue weighted by atomic mass is 79.9. The Balaban J connectivity index is 1.58. The van der Waals surface area contributed by atoms with Gasteiger partial charge < -0.3 is 9.64 Å². The Morgan fingerprint density at radius 3 is 2.83 bits per heavy atom. The van der Waals surface area contributed by atoms with Crippen molar-refractivity contribution in [1.82, 2.24) is 19.9 Å². The van der Waals surface area contributed by atoms with E-state index in [4.69, 9.17) is 4.74 Å². The third kappa shape index (κ3) is 4.10. The first-order valence-corrected chi connectivity index (χ1v) is 9.47. The third-order valence-electron chi connectivity index (χ3n) is 3.95. The second kappa shape index (κ2) is 7.57. The molecule has 0 spiro atoms. The van der Waals surface area contributed by atoms with Gasteiger partial charge in [0.15, 0.2) is 0 Å². The molecule has 1 atom stereocenters. The maximum Gasteiger partial charge on any atom is 0.316 e. The summed E-state index contributed by atoms with van der Waals surface area (Å²) < 4.78 is 6.49. The molecule has 6 nitrogen and oxygen atoms in total. The van der Waals surface area contributed by atoms with Crippen LogP contribution in [0, 0.1) is 19.8 Å². The molecule has 3 rings (SSSR count). The van der Waals surface area contributed by atoms with Crippen molar-refractivity contribution < 1.29 is 9.53 Å². The molecule has 24 heavy (non-hydrogen) atoms. The van der Waals surface area contributed by atoms with Gasteiger partial charge in [0.05, 0.1) is 21.8 Å².